The Balaban J connectivity index is 2.08. The van der Waals surface area contributed by atoms with Crippen LogP contribution in [0.1, 0.15) is 16.7 Å². The van der Waals surface area contributed by atoms with Crippen LogP contribution in [0.5, 0.6) is 0 Å². The molecule has 0 saturated heterocycles. The summed E-state index contributed by atoms with van der Waals surface area (Å²) in [4.78, 5) is 2.17. The van der Waals surface area contributed by atoms with Crippen LogP contribution >= 0.6 is 0 Å². The van der Waals surface area contributed by atoms with E-state index in [2.05, 4.69) is 129 Å². The van der Waals surface area contributed by atoms with Crippen LogP contribution in [0.25, 0.3) is 38.6 Å². The number of pyridine rings is 1. The molecule has 5 rings (SSSR count). The van der Waals surface area contributed by atoms with E-state index >= 15 is 0 Å². The van der Waals surface area contributed by atoms with E-state index in [4.69, 9.17) is 0 Å². The van der Waals surface area contributed by atoms with Crippen molar-refractivity contribution < 1.29 is 4.57 Å². The van der Waals surface area contributed by atoms with Gasteiger partial charge in [0.1, 0.15) is 0 Å². The summed E-state index contributed by atoms with van der Waals surface area (Å²) in [6.07, 6.45) is 0. The lowest BCUT2D eigenvalue weighted by Crippen LogP contribution is -2.33. The van der Waals surface area contributed by atoms with Gasteiger partial charge in [-0.05, 0) is 55.2 Å². The molecule has 0 aliphatic heterocycles. The van der Waals surface area contributed by atoms with Crippen LogP contribution < -0.4 is 9.47 Å². The van der Waals surface area contributed by atoms with Crippen molar-refractivity contribution in [3.05, 3.63) is 102 Å². The molecule has 0 spiro atoms. The third kappa shape index (κ3) is 3.15. The molecule has 32 heavy (non-hydrogen) atoms. The molecular formula is C30H29N2+. The Morgan fingerprint density at radius 3 is 1.94 bits per heavy atom. The van der Waals surface area contributed by atoms with Gasteiger partial charge in [-0.1, -0.05) is 48.5 Å². The van der Waals surface area contributed by atoms with Crippen LogP contribution in [0.15, 0.2) is 84.9 Å². The fourth-order valence-electron chi connectivity index (χ4n) is 4.95. The second-order valence-electron chi connectivity index (χ2n) is 8.88. The molecule has 0 radical (unpaired) electrons. The van der Waals surface area contributed by atoms with E-state index in [1.54, 1.807) is 0 Å². The van der Waals surface area contributed by atoms with Crippen molar-refractivity contribution in [1.82, 2.24) is 0 Å². The van der Waals surface area contributed by atoms with Crippen LogP contribution in [0.3, 0.4) is 0 Å². The first-order valence-electron chi connectivity index (χ1n) is 11.2. The lowest BCUT2D eigenvalue weighted by Gasteiger charge is -2.19. The first-order chi connectivity index (χ1) is 15.5. The monoisotopic (exact) mass is 417 g/mol. The van der Waals surface area contributed by atoms with Gasteiger partial charge in [-0.15, -0.1) is 0 Å². The molecule has 2 heteroatoms. The Hall–Kier alpha value is -3.65. The number of fused-ring (bicyclic) bond motifs is 2. The summed E-state index contributed by atoms with van der Waals surface area (Å²) in [5.41, 5.74) is 11.4. The highest BCUT2D eigenvalue weighted by Crippen LogP contribution is 2.40. The summed E-state index contributed by atoms with van der Waals surface area (Å²) in [6, 6.07) is 30.8. The number of hydrogen-bond donors (Lipinski definition) is 0. The van der Waals surface area contributed by atoms with Gasteiger partial charge in [0.25, 0.3) is 0 Å². The highest BCUT2D eigenvalue weighted by Gasteiger charge is 2.26. The van der Waals surface area contributed by atoms with Crippen LogP contribution in [0.2, 0.25) is 0 Å². The van der Waals surface area contributed by atoms with Gasteiger partial charge in [0.2, 0.25) is 16.7 Å². The molecule has 0 aliphatic rings. The third-order valence-electron chi connectivity index (χ3n) is 6.50. The van der Waals surface area contributed by atoms with Crippen molar-refractivity contribution in [2.45, 2.75) is 20.8 Å². The van der Waals surface area contributed by atoms with Crippen molar-refractivity contribution in [3.8, 4) is 16.8 Å². The summed E-state index contributed by atoms with van der Waals surface area (Å²) in [5.74, 6) is 0. The van der Waals surface area contributed by atoms with Gasteiger partial charge in [0.05, 0.1) is 10.8 Å². The number of anilines is 1. The summed E-state index contributed by atoms with van der Waals surface area (Å²) in [5, 5.41) is 2.59. The first-order valence-corrected chi connectivity index (χ1v) is 11.2. The summed E-state index contributed by atoms with van der Waals surface area (Å²) in [7, 11) is 4.21. The molecule has 0 aliphatic carbocycles. The van der Waals surface area contributed by atoms with E-state index in [-0.39, 0.29) is 0 Å². The lowest BCUT2D eigenvalue weighted by atomic mass is 9.88. The zero-order valence-electron chi connectivity index (χ0n) is 19.5. The number of aromatic nitrogens is 1. The zero-order chi connectivity index (χ0) is 22.4. The Labute approximate surface area is 190 Å². The lowest BCUT2D eigenvalue weighted by molar-refractivity contribution is -0.537. The molecule has 0 atom stereocenters. The zero-order valence-corrected chi connectivity index (χ0v) is 19.5. The van der Waals surface area contributed by atoms with Crippen molar-refractivity contribution >= 4 is 27.5 Å². The van der Waals surface area contributed by atoms with Gasteiger partial charge >= 0.3 is 0 Å². The fraction of sp³-hybridized carbons (Fsp3) is 0.167. The average molecular weight is 418 g/mol. The Morgan fingerprint density at radius 1 is 0.594 bits per heavy atom. The maximum absolute atomic E-state index is 2.42. The number of nitrogens with zero attached hydrogens (tertiary/aromatic N) is 2. The van der Waals surface area contributed by atoms with Crippen LogP contribution in [0.4, 0.5) is 5.69 Å². The van der Waals surface area contributed by atoms with Gasteiger partial charge in [-0.2, -0.15) is 4.57 Å². The molecule has 0 bridgehead atoms. The van der Waals surface area contributed by atoms with Gasteiger partial charge < -0.3 is 4.90 Å². The molecule has 0 saturated carbocycles. The first kappa shape index (κ1) is 20.3. The number of benzene rings is 4. The predicted molar refractivity (Wildman–Crippen MR) is 137 cm³/mol. The summed E-state index contributed by atoms with van der Waals surface area (Å²) >= 11 is 0. The highest BCUT2D eigenvalue weighted by atomic mass is 15.1. The average Bonchev–Trinajstić information content (AvgIpc) is 2.78. The van der Waals surface area contributed by atoms with E-state index in [1.165, 1.54) is 61.0 Å². The van der Waals surface area contributed by atoms with Crippen LogP contribution in [-0.2, 0) is 0 Å². The molecule has 0 unspecified atom stereocenters. The van der Waals surface area contributed by atoms with Gasteiger partial charge in [-0.25, -0.2) is 0 Å². The maximum atomic E-state index is 2.42. The SMILES string of the molecule is Cc1cccc(C)c1-c1c2ccc(N(C)C)cc2[n+](-c2ccccc2)c2cccc(C)c12. The number of rotatable bonds is 3. The molecule has 0 fully saturated rings. The number of para-hydroxylation sites is 1. The van der Waals surface area contributed by atoms with Gasteiger partial charge in [-0.3, -0.25) is 0 Å². The third-order valence-corrected chi connectivity index (χ3v) is 6.50. The molecular weight excluding hydrogens is 388 g/mol. The smallest absolute Gasteiger partial charge is 0.221 e. The molecule has 4 aromatic carbocycles. The van der Waals surface area contributed by atoms with Gasteiger partial charge in [0, 0.05) is 49.6 Å². The minimum atomic E-state index is 1.18. The highest BCUT2D eigenvalue weighted by molar-refractivity contribution is 6.10. The number of hydrogen-bond acceptors (Lipinski definition) is 1. The van der Waals surface area contributed by atoms with Crippen molar-refractivity contribution in [1.29, 1.82) is 0 Å². The van der Waals surface area contributed by atoms with Crippen LogP contribution in [-0.4, -0.2) is 14.1 Å². The standard InChI is InChI=1S/C30H29N2/c1-20-11-9-12-21(2)28(20)30-25-18-17-24(31(4)5)19-27(25)32(23-14-7-6-8-15-23)26-16-10-13-22(3)29(26)30/h6-19H,1-5H3/q+1. The maximum Gasteiger partial charge on any atom is 0.221 e. The van der Waals surface area contributed by atoms with E-state index in [0.717, 1.165) is 0 Å². The molecule has 1 heterocycles. The molecule has 5 aromatic rings. The Bertz CT molecular complexity index is 1440. The van der Waals surface area contributed by atoms with Crippen molar-refractivity contribution in [2.24, 2.45) is 0 Å². The normalized spacial score (nSPS) is 11.3. The molecule has 158 valence electrons. The Kier molecular flexibility index (Phi) is 4.94. The molecule has 0 amide bonds. The van der Waals surface area contributed by atoms with Crippen molar-refractivity contribution in [3.63, 3.8) is 0 Å². The summed E-state index contributed by atoms with van der Waals surface area (Å²) < 4.78 is 2.42. The predicted octanol–water partition coefficient (Wildman–Crippen LogP) is 6.93. The quantitative estimate of drug-likeness (QED) is 0.228. The van der Waals surface area contributed by atoms with E-state index in [0.29, 0.717) is 0 Å². The number of aryl methyl sites for hydroxylation is 3. The van der Waals surface area contributed by atoms with Crippen molar-refractivity contribution in [2.75, 3.05) is 19.0 Å². The minimum absolute atomic E-state index is 1.18. The Morgan fingerprint density at radius 2 is 1.25 bits per heavy atom. The fourth-order valence-corrected chi connectivity index (χ4v) is 4.95. The second-order valence-corrected chi connectivity index (χ2v) is 8.88. The molecule has 1 aromatic heterocycles. The van der Waals surface area contributed by atoms with E-state index in [9.17, 15) is 0 Å². The van der Waals surface area contributed by atoms with Crippen LogP contribution in [0, 0.1) is 20.8 Å². The largest absolute Gasteiger partial charge is 0.377 e. The van der Waals surface area contributed by atoms with E-state index < -0.39 is 0 Å². The molecule has 2 nitrogen and oxygen atoms in total. The summed E-state index contributed by atoms with van der Waals surface area (Å²) in [6.45, 7) is 6.68. The van der Waals surface area contributed by atoms with Gasteiger partial charge in [0.15, 0.2) is 0 Å². The topological polar surface area (TPSA) is 7.12 Å². The van der Waals surface area contributed by atoms with E-state index in [1.807, 2.05) is 0 Å². The molecule has 0 N–H and O–H groups in total. The minimum Gasteiger partial charge on any atom is -0.377 e. The second kappa shape index (κ2) is 7.80.